The molecule has 1 N–H and O–H groups in total. The Balaban J connectivity index is 2.31. The number of methoxy groups -OCH3 is 1. The first-order chi connectivity index (χ1) is 7.70. The van der Waals surface area contributed by atoms with E-state index in [1.807, 2.05) is 0 Å². The standard InChI is InChI=1S/C10H8FN3O2/c1-16-10(15)8-5-13-9(14-8)7-3-2-6(11)4-12-7/h2-5H,1H3,(H,13,14). The second kappa shape index (κ2) is 4.09. The lowest BCUT2D eigenvalue weighted by Crippen LogP contribution is -2.01. The smallest absolute Gasteiger partial charge is 0.356 e. The predicted octanol–water partition coefficient (Wildman–Crippen LogP) is 1.40. The van der Waals surface area contributed by atoms with Crippen molar-refractivity contribution in [3.63, 3.8) is 0 Å². The van der Waals surface area contributed by atoms with E-state index in [1.54, 1.807) is 0 Å². The molecule has 0 aliphatic carbocycles. The third-order valence-electron chi connectivity index (χ3n) is 1.95. The molecule has 5 nitrogen and oxygen atoms in total. The Morgan fingerprint density at radius 1 is 1.38 bits per heavy atom. The van der Waals surface area contributed by atoms with E-state index >= 15 is 0 Å². The number of imidazole rings is 1. The van der Waals surface area contributed by atoms with Crippen LogP contribution in [0.2, 0.25) is 0 Å². The van der Waals surface area contributed by atoms with E-state index in [0.29, 0.717) is 11.5 Å². The summed E-state index contributed by atoms with van der Waals surface area (Å²) in [7, 11) is 1.28. The van der Waals surface area contributed by atoms with Crippen LogP contribution < -0.4 is 0 Å². The van der Waals surface area contributed by atoms with Gasteiger partial charge in [0.2, 0.25) is 0 Å². The molecule has 0 radical (unpaired) electrons. The highest BCUT2D eigenvalue weighted by atomic mass is 19.1. The van der Waals surface area contributed by atoms with Crippen molar-refractivity contribution in [1.29, 1.82) is 0 Å². The molecule has 0 atom stereocenters. The molecule has 0 aliphatic heterocycles. The van der Waals surface area contributed by atoms with Crippen molar-refractivity contribution in [3.8, 4) is 11.5 Å². The Kier molecular flexibility index (Phi) is 2.63. The molecule has 0 saturated heterocycles. The molecule has 0 unspecified atom stereocenters. The molecule has 0 aliphatic rings. The Morgan fingerprint density at radius 3 is 2.81 bits per heavy atom. The second-order valence-electron chi connectivity index (χ2n) is 3.00. The fourth-order valence-corrected chi connectivity index (χ4v) is 1.18. The molecule has 6 heteroatoms. The van der Waals surface area contributed by atoms with E-state index in [4.69, 9.17) is 0 Å². The summed E-state index contributed by atoms with van der Waals surface area (Å²) in [6.45, 7) is 0. The quantitative estimate of drug-likeness (QED) is 0.778. The maximum Gasteiger partial charge on any atom is 0.356 e. The van der Waals surface area contributed by atoms with Gasteiger partial charge < -0.3 is 9.72 Å². The molecule has 0 amide bonds. The Bertz CT molecular complexity index is 507. The summed E-state index contributed by atoms with van der Waals surface area (Å²) in [5.74, 6) is -0.551. The highest BCUT2D eigenvalue weighted by Gasteiger charge is 2.11. The number of aromatic nitrogens is 3. The molecule has 0 aromatic carbocycles. The zero-order valence-electron chi connectivity index (χ0n) is 8.40. The normalized spacial score (nSPS) is 10.1. The zero-order chi connectivity index (χ0) is 11.5. The van der Waals surface area contributed by atoms with Gasteiger partial charge in [0.05, 0.1) is 19.5 Å². The molecule has 0 fully saturated rings. The minimum absolute atomic E-state index is 0.226. The van der Waals surface area contributed by atoms with Crippen molar-refractivity contribution in [2.24, 2.45) is 0 Å². The van der Waals surface area contributed by atoms with Crippen LogP contribution in [0.4, 0.5) is 4.39 Å². The van der Waals surface area contributed by atoms with Crippen LogP contribution in [0.5, 0.6) is 0 Å². The summed E-state index contributed by atoms with van der Waals surface area (Å²) in [5.41, 5.74) is 0.681. The van der Waals surface area contributed by atoms with Crippen LogP contribution in [0.1, 0.15) is 10.5 Å². The SMILES string of the molecule is COC(=O)c1cnc(-c2ccc(F)cn2)[nH]1. The van der Waals surface area contributed by atoms with Crippen LogP contribution in [-0.2, 0) is 4.74 Å². The number of rotatable bonds is 2. The monoisotopic (exact) mass is 221 g/mol. The number of pyridine rings is 1. The molecule has 2 rings (SSSR count). The molecule has 2 aromatic heterocycles. The first kappa shape index (κ1) is 10.3. The van der Waals surface area contributed by atoms with Gasteiger partial charge in [-0.1, -0.05) is 0 Å². The molecule has 0 bridgehead atoms. The highest BCUT2D eigenvalue weighted by Crippen LogP contribution is 2.13. The van der Waals surface area contributed by atoms with Crippen LogP contribution in [0.25, 0.3) is 11.5 Å². The van der Waals surface area contributed by atoms with E-state index in [0.717, 1.165) is 6.20 Å². The van der Waals surface area contributed by atoms with Crippen LogP contribution in [0.3, 0.4) is 0 Å². The number of H-pyrrole nitrogens is 1. The summed E-state index contributed by atoms with van der Waals surface area (Å²) in [6.07, 6.45) is 2.42. The molecular weight excluding hydrogens is 213 g/mol. The largest absolute Gasteiger partial charge is 0.464 e. The highest BCUT2D eigenvalue weighted by molar-refractivity contribution is 5.87. The summed E-state index contributed by atoms with van der Waals surface area (Å²) in [6, 6.07) is 2.73. The van der Waals surface area contributed by atoms with Gasteiger partial charge in [0.15, 0.2) is 5.82 Å². The van der Waals surface area contributed by atoms with Gasteiger partial charge in [0.25, 0.3) is 0 Å². The summed E-state index contributed by atoms with van der Waals surface area (Å²) in [4.78, 5) is 21.6. The van der Waals surface area contributed by atoms with E-state index in [-0.39, 0.29) is 5.69 Å². The second-order valence-corrected chi connectivity index (χ2v) is 3.00. The average molecular weight is 221 g/mol. The van der Waals surface area contributed by atoms with E-state index in [1.165, 1.54) is 25.4 Å². The molecule has 0 spiro atoms. The maximum absolute atomic E-state index is 12.6. The number of hydrogen-bond donors (Lipinski definition) is 1. The van der Waals surface area contributed by atoms with Crippen molar-refractivity contribution in [2.45, 2.75) is 0 Å². The van der Waals surface area contributed by atoms with Crippen molar-refractivity contribution in [1.82, 2.24) is 15.0 Å². The number of nitrogens with zero attached hydrogens (tertiary/aromatic N) is 2. The lowest BCUT2D eigenvalue weighted by atomic mass is 10.3. The van der Waals surface area contributed by atoms with Crippen LogP contribution in [-0.4, -0.2) is 28.0 Å². The summed E-state index contributed by atoms with van der Waals surface area (Å²) in [5, 5.41) is 0. The number of nitrogens with one attached hydrogen (secondary N) is 1. The first-order valence-corrected chi connectivity index (χ1v) is 4.46. The minimum atomic E-state index is -0.513. The van der Waals surface area contributed by atoms with Crippen molar-refractivity contribution in [2.75, 3.05) is 7.11 Å². The number of halogens is 1. The number of ether oxygens (including phenoxy) is 1. The van der Waals surface area contributed by atoms with E-state index in [9.17, 15) is 9.18 Å². The molecule has 2 aromatic rings. The number of aromatic amines is 1. The van der Waals surface area contributed by atoms with E-state index < -0.39 is 11.8 Å². The summed E-state index contributed by atoms with van der Waals surface area (Å²) < 4.78 is 17.1. The molecule has 0 saturated carbocycles. The van der Waals surface area contributed by atoms with Crippen molar-refractivity contribution < 1.29 is 13.9 Å². The van der Waals surface area contributed by atoms with Gasteiger partial charge in [-0.3, -0.25) is 0 Å². The van der Waals surface area contributed by atoms with Crippen LogP contribution >= 0.6 is 0 Å². The third kappa shape index (κ3) is 1.90. The van der Waals surface area contributed by atoms with Crippen molar-refractivity contribution >= 4 is 5.97 Å². The van der Waals surface area contributed by atoms with Gasteiger partial charge in [-0.05, 0) is 12.1 Å². The number of carbonyl (C=O) groups excluding carboxylic acids is 1. The van der Waals surface area contributed by atoms with Crippen LogP contribution in [0, 0.1) is 5.82 Å². The molecule has 82 valence electrons. The average Bonchev–Trinajstić information content (AvgIpc) is 2.78. The number of hydrogen-bond acceptors (Lipinski definition) is 4. The van der Waals surface area contributed by atoms with Gasteiger partial charge in [0.1, 0.15) is 17.2 Å². The Morgan fingerprint density at radius 2 is 2.19 bits per heavy atom. The molecular formula is C10H8FN3O2. The van der Waals surface area contributed by atoms with Gasteiger partial charge in [0, 0.05) is 0 Å². The number of esters is 1. The van der Waals surface area contributed by atoms with E-state index in [2.05, 4.69) is 19.7 Å². The maximum atomic E-state index is 12.6. The summed E-state index contributed by atoms with van der Waals surface area (Å²) >= 11 is 0. The number of carbonyl (C=O) groups is 1. The lowest BCUT2D eigenvalue weighted by molar-refractivity contribution is 0.0595. The lowest BCUT2D eigenvalue weighted by Gasteiger charge is -1.95. The molecule has 16 heavy (non-hydrogen) atoms. The topological polar surface area (TPSA) is 67.9 Å². The Hall–Kier alpha value is -2.24. The van der Waals surface area contributed by atoms with Crippen LogP contribution in [0.15, 0.2) is 24.5 Å². The fourth-order valence-electron chi connectivity index (χ4n) is 1.18. The van der Waals surface area contributed by atoms with Gasteiger partial charge >= 0.3 is 5.97 Å². The molecule has 2 heterocycles. The minimum Gasteiger partial charge on any atom is -0.464 e. The van der Waals surface area contributed by atoms with Gasteiger partial charge in [-0.25, -0.2) is 19.2 Å². The zero-order valence-corrected chi connectivity index (χ0v) is 8.40. The fraction of sp³-hybridized carbons (Fsp3) is 0.100. The van der Waals surface area contributed by atoms with Gasteiger partial charge in [-0.15, -0.1) is 0 Å². The third-order valence-corrected chi connectivity index (χ3v) is 1.95. The Labute approximate surface area is 90.3 Å². The van der Waals surface area contributed by atoms with Gasteiger partial charge in [-0.2, -0.15) is 0 Å². The van der Waals surface area contributed by atoms with Crippen molar-refractivity contribution in [3.05, 3.63) is 36.0 Å². The first-order valence-electron chi connectivity index (χ1n) is 4.46. The predicted molar refractivity (Wildman–Crippen MR) is 53.1 cm³/mol.